The number of rotatable bonds is 6. The van der Waals surface area contributed by atoms with E-state index in [1.54, 1.807) is 31.2 Å². The largest absolute Gasteiger partial charge is 0.462 e. The zero-order valence-corrected chi connectivity index (χ0v) is 13.8. The molecule has 1 saturated heterocycles. The Balaban J connectivity index is 1.88. The first-order valence-corrected chi connectivity index (χ1v) is 8.49. The molecule has 0 unspecified atom stereocenters. The van der Waals surface area contributed by atoms with Gasteiger partial charge in [0.1, 0.15) is 0 Å². The topological polar surface area (TPSA) is 58.6 Å². The average Bonchev–Trinajstić information content (AvgIpc) is 2.82. The minimum Gasteiger partial charge on any atom is -0.462 e. The van der Waals surface area contributed by atoms with E-state index in [9.17, 15) is 9.59 Å². The summed E-state index contributed by atoms with van der Waals surface area (Å²) in [5.41, 5.74) is 0.921. The normalized spacial score (nSPS) is 15.7. The van der Waals surface area contributed by atoms with Crippen LogP contribution in [-0.4, -0.2) is 43.0 Å². The molecule has 1 heterocycles. The first kappa shape index (κ1) is 17.5. The summed E-state index contributed by atoms with van der Waals surface area (Å²) in [7, 11) is 0. The molecule has 2 rings (SSSR count). The van der Waals surface area contributed by atoms with Crippen molar-refractivity contribution in [2.24, 2.45) is 0 Å². The molecule has 0 atom stereocenters. The molecule has 0 aromatic heterocycles. The Morgan fingerprint density at radius 3 is 2.52 bits per heavy atom. The van der Waals surface area contributed by atoms with Crippen LogP contribution in [0.5, 0.6) is 0 Å². The van der Waals surface area contributed by atoms with Crippen LogP contribution >= 0.6 is 0 Å². The lowest BCUT2D eigenvalue weighted by molar-refractivity contribution is -0.116. The fraction of sp³-hybridized carbons (Fsp3) is 0.556. The zero-order chi connectivity index (χ0) is 16.5. The van der Waals surface area contributed by atoms with E-state index in [1.165, 1.54) is 25.7 Å². The minimum absolute atomic E-state index is 0.0639. The van der Waals surface area contributed by atoms with E-state index in [2.05, 4.69) is 10.2 Å². The van der Waals surface area contributed by atoms with Crippen LogP contribution in [-0.2, 0) is 9.53 Å². The average molecular weight is 318 g/mol. The lowest BCUT2D eigenvalue weighted by Crippen LogP contribution is -2.29. The molecule has 1 amide bonds. The van der Waals surface area contributed by atoms with Crippen LogP contribution in [0.3, 0.4) is 0 Å². The first-order chi connectivity index (χ1) is 11.2. The van der Waals surface area contributed by atoms with Gasteiger partial charge >= 0.3 is 5.97 Å². The van der Waals surface area contributed by atoms with Crippen molar-refractivity contribution in [1.82, 2.24) is 4.90 Å². The van der Waals surface area contributed by atoms with Gasteiger partial charge < -0.3 is 15.0 Å². The second-order valence-electron chi connectivity index (χ2n) is 5.82. The number of benzene rings is 1. The highest BCUT2D eigenvalue weighted by molar-refractivity contribution is 6.01. The van der Waals surface area contributed by atoms with Crippen molar-refractivity contribution in [3.8, 4) is 0 Å². The molecule has 1 fully saturated rings. The standard InChI is InChI=1S/C18H26N2O3/c1-2-23-18(22)15-9-5-6-10-16(15)19-17(21)11-14-20-12-7-3-4-8-13-20/h5-6,9-10H,2-4,7-8,11-14H2,1H3,(H,19,21). The number of carbonyl (C=O) groups excluding carboxylic acids is 2. The Morgan fingerprint density at radius 1 is 1.13 bits per heavy atom. The lowest BCUT2D eigenvalue weighted by atomic mass is 10.1. The SMILES string of the molecule is CCOC(=O)c1ccccc1NC(=O)CCN1CCCCCC1. The summed E-state index contributed by atoms with van der Waals surface area (Å²) in [6.45, 7) is 5.00. The van der Waals surface area contributed by atoms with Gasteiger partial charge in [-0.1, -0.05) is 25.0 Å². The van der Waals surface area contributed by atoms with E-state index in [-0.39, 0.29) is 5.91 Å². The summed E-state index contributed by atoms with van der Waals surface area (Å²) in [4.78, 5) is 26.4. The number of hydrogen-bond acceptors (Lipinski definition) is 4. The predicted octanol–water partition coefficient (Wildman–Crippen LogP) is 3.07. The van der Waals surface area contributed by atoms with E-state index in [1.807, 2.05) is 0 Å². The Labute approximate surface area is 138 Å². The smallest absolute Gasteiger partial charge is 0.340 e. The maximum absolute atomic E-state index is 12.2. The van der Waals surface area contributed by atoms with E-state index >= 15 is 0 Å². The van der Waals surface area contributed by atoms with E-state index < -0.39 is 5.97 Å². The van der Waals surface area contributed by atoms with Crippen molar-refractivity contribution in [1.29, 1.82) is 0 Å². The number of anilines is 1. The molecule has 5 heteroatoms. The van der Waals surface area contributed by atoms with Crippen LogP contribution in [0.2, 0.25) is 0 Å². The number of esters is 1. The van der Waals surface area contributed by atoms with Gasteiger partial charge in [0, 0.05) is 13.0 Å². The van der Waals surface area contributed by atoms with Crippen LogP contribution in [0.1, 0.15) is 49.4 Å². The number of nitrogens with zero attached hydrogens (tertiary/aromatic N) is 1. The van der Waals surface area contributed by atoms with Crippen molar-refractivity contribution in [3.05, 3.63) is 29.8 Å². The third-order valence-corrected chi connectivity index (χ3v) is 4.05. The highest BCUT2D eigenvalue weighted by Gasteiger charge is 2.15. The molecule has 0 radical (unpaired) electrons. The van der Waals surface area contributed by atoms with Gasteiger partial charge in [-0.15, -0.1) is 0 Å². The van der Waals surface area contributed by atoms with Crippen molar-refractivity contribution in [2.75, 3.05) is 31.6 Å². The van der Waals surface area contributed by atoms with E-state index in [4.69, 9.17) is 4.74 Å². The Kier molecular flexibility index (Phi) is 7.07. The molecule has 1 N–H and O–H groups in total. The molecule has 0 spiro atoms. The second-order valence-corrected chi connectivity index (χ2v) is 5.82. The van der Waals surface area contributed by atoms with Crippen molar-refractivity contribution in [2.45, 2.75) is 39.0 Å². The Morgan fingerprint density at radius 2 is 1.83 bits per heavy atom. The van der Waals surface area contributed by atoms with Gasteiger partial charge in [0.25, 0.3) is 0 Å². The van der Waals surface area contributed by atoms with E-state index in [0.29, 0.717) is 24.3 Å². The molecule has 23 heavy (non-hydrogen) atoms. The maximum Gasteiger partial charge on any atom is 0.340 e. The van der Waals surface area contributed by atoms with Crippen molar-refractivity contribution < 1.29 is 14.3 Å². The molecule has 1 aliphatic rings. The van der Waals surface area contributed by atoms with Crippen molar-refractivity contribution in [3.63, 3.8) is 0 Å². The first-order valence-electron chi connectivity index (χ1n) is 8.49. The molecule has 126 valence electrons. The fourth-order valence-corrected chi connectivity index (χ4v) is 2.81. The van der Waals surface area contributed by atoms with Gasteiger partial charge in [-0.2, -0.15) is 0 Å². The van der Waals surface area contributed by atoms with Crippen molar-refractivity contribution >= 4 is 17.6 Å². The monoisotopic (exact) mass is 318 g/mol. The molecular weight excluding hydrogens is 292 g/mol. The Hall–Kier alpha value is -1.88. The van der Waals surface area contributed by atoms with Gasteiger partial charge in [-0.25, -0.2) is 4.79 Å². The third kappa shape index (κ3) is 5.67. The third-order valence-electron chi connectivity index (χ3n) is 4.05. The number of likely N-dealkylation sites (tertiary alicyclic amines) is 1. The van der Waals surface area contributed by atoms with Gasteiger partial charge in [0.15, 0.2) is 0 Å². The number of ether oxygens (including phenoxy) is 1. The van der Waals surface area contributed by atoms with E-state index in [0.717, 1.165) is 19.6 Å². The molecule has 0 saturated carbocycles. The Bertz CT molecular complexity index is 523. The lowest BCUT2D eigenvalue weighted by Gasteiger charge is -2.19. The molecule has 1 aromatic carbocycles. The summed E-state index contributed by atoms with van der Waals surface area (Å²) in [6.07, 6.45) is 5.45. The highest BCUT2D eigenvalue weighted by atomic mass is 16.5. The highest BCUT2D eigenvalue weighted by Crippen LogP contribution is 2.17. The van der Waals surface area contributed by atoms with Crippen LogP contribution in [0.15, 0.2) is 24.3 Å². The quantitative estimate of drug-likeness (QED) is 0.819. The molecule has 5 nitrogen and oxygen atoms in total. The van der Waals surface area contributed by atoms with Crippen LogP contribution in [0.25, 0.3) is 0 Å². The summed E-state index contributed by atoms with van der Waals surface area (Å²) < 4.78 is 5.02. The van der Waals surface area contributed by atoms with Gasteiger partial charge in [0.05, 0.1) is 17.9 Å². The summed E-state index contributed by atoms with van der Waals surface area (Å²) >= 11 is 0. The summed E-state index contributed by atoms with van der Waals surface area (Å²) in [5, 5.41) is 2.84. The summed E-state index contributed by atoms with van der Waals surface area (Å²) in [5.74, 6) is -0.470. The second kappa shape index (κ2) is 9.30. The van der Waals surface area contributed by atoms with Crippen LogP contribution < -0.4 is 5.32 Å². The number of carbonyl (C=O) groups is 2. The molecule has 0 bridgehead atoms. The van der Waals surface area contributed by atoms with Gasteiger partial charge in [0.2, 0.25) is 5.91 Å². The van der Waals surface area contributed by atoms with Crippen LogP contribution in [0, 0.1) is 0 Å². The maximum atomic E-state index is 12.2. The summed E-state index contributed by atoms with van der Waals surface area (Å²) in [6, 6.07) is 6.96. The number of nitrogens with one attached hydrogen (secondary N) is 1. The predicted molar refractivity (Wildman–Crippen MR) is 90.6 cm³/mol. The molecular formula is C18H26N2O3. The zero-order valence-electron chi connectivity index (χ0n) is 13.8. The van der Waals surface area contributed by atoms with Crippen LogP contribution in [0.4, 0.5) is 5.69 Å². The fourth-order valence-electron chi connectivity index (χ4n) is 2.81. The molecule has 1 aliphatic heterocycles. The number of para-hydroxylation sites is 1. The number of hydrogen-bond donors (Lipinski definition) is 1. The molecule has 1 aromatic rings. The molecule has 0 aliphatic carbocycles. The number of amides is 1. The minimum atomic E-state index is -0.407. The van der Waals surface area contributed by atoms with Gasteiger partial charge in [-0.3, -0.25) is 4.79 Å². The van der Waals surface area contributed by atoms with Gasteiger partial charge in [-0.05, 0) is 45.0 Å².